The molecule has 0 spiro atoms. The number of hydrogen-bond acceptors (Lipinski definition) is 2. The van der Waals surface area contributed by atoms with Crippen molar-refractivity contribution >= 4 is 35.3 Å². The molecule has 5 heteroatoms. The van der Waals surface area contributed by atoms with E-state index in [1.165, 1.54) is 6.21 Å². The van der Waals surface area contributed by atoms with E-state index in [9.17, 15) is 4.79 Å². The highest BCUT2D eigenvalue weighted by atomic mass is 35.5. The molecule has 0 radical (unpaired) electrons. The Morgan fingerprint density at radius 2 is 1.54 bits per heavy atom. The number of nitrogens with zero attached hydrogens (tertiary/aromatic N) is 1. The highest BCUT2D eigenvalue weighted by molar-refractivity contribution is 6.36. The lowest BCUT2D eigenvalue weighted by atomic mass is 9.96. The monoisotopic (exact) mass is 380 g/mol. The van der Waals surface area contributed by atoms with Gasteiger partial charge in [0.15, 0.2) is 0 Å². The quantitative estimate of drug-likeness (QED) is 0.488. The van der Waals surface area contributed by atoms with Gasteiger partial charge in [-0.05, 0) is 34.4 Å². The average Bonchev–Trinajstić information content (AvgIpc) is 2.98. The minimum Gasteiger partial charge on any atom is -0.272 e. The molecule has 0 bridgehead atoms. The zero-order valence-electron chi connectivity index (χ0n) is 13.6. The van der Waals surface area contributed by atoms with Crippen molar-refractivity contribution < 1.29 is 4.79 Å². The van der Waals surface area contributed by atoms with E-state index in [1.54, 1.807) is 18.2 Å². The van der Waals surface area contributed by atoms with E-state index in [-0.39, 0.29) is 11.8 Å². The van der Waals surface area contributed by atoms with Crippen molar-refractivity contribution in [3.05, 3.63) is 93.5 Å². The van der Waals surface area contributed by atoms with Gasteiger partial charge in [0, 0.05) is 10.6 Å². The fourth-order valence-electron chi connectivity index (χ4n) is 3.27. The highest BCUT2D eigenvalue weighted by Gasteiger charge is 2.33. The van der Waals surface area contributed by atoms with Crippen LogP contribution in [0.25, 0.3) is 11.1 Å². The van der Waals surface area contributed by atoms with Crippen molar-refractivity contribution in [2.75, 3.05) is 0 Å². The summed E-state index contributed by atoms with van der Waals surface area (Å²) in [4.78, 5) is 12.8. The molecule has 128 valence electrons. The molecule has 0 unspecified atom stereocenters. The minimum absolute atomic E-state index is 0.177. The van der Waals surface area contributed by atoms with E-state index in [4.69, 9.17) is 23.2 Å². The molecule has 0 saturated heterocycles. The zero-order chi connectivity index (χ0) is 18.1. The first-order valence-corrected chi connectivity index (χ1v) is 8.87. The molecule has 1 aliphatic rings. The molecule has 3 aromatic carbocycles. The lowest BCUT2D eigenvalue weighted by Crippen LogP contribution is -2.25. The number of nitrogens with one attached hydrogen (secondary N) is 1. The SMILES string of the molecule is O=C(N/N=C\c1ccc(Cl)cc1Cl)C1c2ccccc2-c2ccccc21. The van der Waals surface area contributed by atoms with Crippen molar-refractivity contribution in [3.63, 3.8) is 0 Å². The third kappa shape index (κ3) is 3.00. The van der Waals surface area contributed by atoms with Crippen molar-refractivity contribution in [1.29, 1.82) is 0 Å². The Morgan fingerprint density at radius 3 is 2.15 bits per heavy atom. The number of rotatable bonds is 3. The van der Waals surface area contributed by atoms with Crippen LogP contribution in [0.15, 0.2) is 71.8 Å². The van der Waals surface area contributed by atoms with Gasteiger partial charge in [-0.15, -0.1) is 0 Å². The van der Waals surface area contributed by atoms with Crippen LogP contribution in [0.2, 0.25) is 10.0 Å². The first kappa shape index (κ1) is 16.8. The van der Waals surface area contributed by atoms with Crippen LogP contribution >= 0.6 is 23.2 Å². The van der Waals surface area contributed by atoms with Crippen molar-refractivity contribution in [3.8, 4) is 11.1 Å². The molecule has 0 saturated carbocycles. The lowest BCUT2D eigenvalue weighted by molar-refractivity contribution is -0.121. The smallest absolute Gasteiger partial charge is 0.252 e. The highest BCUT2D eigenvalue weighted by Crippen LogP contribution is 2.44. The summed E-state index contributed by atoms with van der Waals surface area (Å²) in [5.74, 6) is -0.552. The molecule has 0 fully saturated rings. The van der Waals surface area contributed by atoms with Gasteiger partial charge in [-0.2, -0.15) is 5.10 Å². The summed E-state index contributed by atoms with van der Waals surface area (Å²) in [5.41, 5.74) is 7.48. The summed E-state index contributed by atoms with van der Waals surface area (Å²) in [7, 11) is 0. The first-order chi connectivity index (χ1) is 12.6. The molecule has 1 amide bonds. The van der Waals surface area contributed by atoms with Crippen LogP contribution in [-0.4, -0.2) is 12.1 Å². The maximum atomic E-state index is 12.8. The third-order valence-electron chi connectivity index (χ3n) is 4.44. The summed E-state index contributed by atoms with van der Waals surface area (Å²) in [6, 6.07) is 21.0. The van der Waals surface area contributed by atoms with E-state index in [0.29, 0.717) is 15.6 Å². The largest absolute Gasteiger partial charge is 0.272 e. The van der Waals surface area contributed by atoms with E-state index in [1.807, 2.05) is 48.5 Å². The molecule has 1 aliphatic carbocycles. The number of amides is 1. The molecule has 0 aromatic heterocycles. The van der Waals surface area contributed by atoms with Gasteiger partial charge in [-0.25, -0.2) is 5.43 Å². The standard InChI is InChI=1S/C21H14Cl2N2O/c22-14-10-9-13(19(23)11-14)12-24-25-21(26)20-17-7-3-1-5-15(17)16-6-2-4-8-18(16)20/h1-12,20H,(H,25,26)/b24-12-. The Labute approximate surface area is 161 Å². The summed E-state index contributed by atoms with van der Waals surface area (Å²) in [5, 5.41) is 5.10. The van der Waals surface area contributed by atoms with Gasteiger partial charge in [0.1, 0.15) is 0 Å². The number of benzene rings is 3. The Bertz CT molecular complexity index is 985. The van der Waals surface area contributed by atoms with Crippen molar-refractivity contribution in [2.45, 2.75) is 5.92 Å². The summed E-state index contributed by atoms with van der Waals surface area (Å²) in [6.45, 7) is 0. The van der Waals surface area contributed by atoms with Crippen molar-refractivity contribution in [2.24, 2.45) is 5.10 Å². The van der Waals surface area contributed by atoms with E-state index in [0.717, 1.165) is 22.3 Å². The number of hydrogen-bond donors (Lipinski definition) is 1. The molecule has 0 atom stereocenters. The lowest BCUT2D eigenvalue weighted by Gasteiger charge is -2.11. The average molecular weight is 381 g/mol. The maximum Gasteiger partial charge on any atom is 0.252 e. The normalized spacial score (nSPS) is 12.8. The molecule has 0 aliphatic heterocycles. The Hall–Kier alpha value is -2.62. The van der Waals surface area contributed by atoms with Crippen LogP contribution in [0, 0.1) is 0 Å². The molecule has 0 heterocycles. The summed E-state index contributed by atoms with van der Waals surface area (Å²) < 4.78 is 0. The second kappa shape index (κ2) is 6.94. The van der Waals surface area contributed by atoms with Crippen LogP contribution < -0.4 is 5.43 Å². The van der Waals surface area contributed by atoms with Gasteiger partial charge in [0.05, 0.1) is 17.2 Å². The second-order valence-corrected chi connectivity index (χ2v) is 6.85. The molecule has 3 aromatic rings. The van der Waals surface area contributed by atoms with Crippen LogP contribution in [0.3, 0.4) is 0 Å². The van der Waals surface area contributed by atoms with Gasteiger partial charge < -0.3 is 0 Å². The van der Waals surface area contributed by atoms with E-state index < -0.39 is 0 Å². The molecular weight excluding hydrogens is 367 g/mol. The van der Waals surface area contributed by atoms with Crippen LogP contribution in [-0.2, 0) is 4.79 Å². The molecule has 26 heavy (non-hydrogen) atoms. The zero-order valence-corrected chi connectivity index (χ0v) is 15.1. The number of carbonyl (C=O) groups excluding carboxylic acids is 1. The summed E-state index contributed by atoms with van der Waals surface area (Å²) >= 11 is 12.0. The molecule has 1 N–H and O–H groups in total. The maximum absolute atomic E-state index is 12.8. The molecule has 3 nitrogen and oxygen atoms in total. The van der Waals surface area contributed by atoms with Crippen LogP contribution in [0.5, 0.6) is 0 Å². The van der Waals surface area contributed by atoms with Gasteiger partial charge in [-0.1, -0.05) is 77.8 Å². The van der Waals surface area contributed by atoms with Gasteiger partial charge in [-0.3, -0.25) is 4.79 Å². The van der Waals surface area contributed by atoms with E-state index in [2.05, 4.69) is 10.5 Å². The third-order valence-corrected chi connectivity index (χ3v) is 5.00. The first-order valence-electron chi connectivity index (χ1n) is 8.11. The van der Waals surface area contributed by atoms with Gasteiger partial charge >= 0.3 is 0 Å². The van der Waals surface area contributed by atoms with Crippen LogP contribution in [0.1, 0.15) is 22.6 Å². The number of halogens is 2. The predicted octanol–water partition coefficient (Wildman–Crippen LogP) is 5.26. The number of fused-ring (bicyclic) bond motifs is 3. The summed E-state index contributed by atoms with van der Waals surface area (Å²) in [6.07, 6.45) is 1.52. The number of hydrazone groups is 1. The molecule has 4 rings (SSSR count). The topological polar surface area (TPSA) is 41.5 Å². The number of carbonyl (C=O) groups is 1. The fraction of sp³-hybridized carbons (Fsp3) is 0.0476. The fourth-order valence-corrected chi connectivity index (χ4v) is 3.73. The Balaban J connectivity index is 1.60. The Morgan fingerprint density at radius 1 is 0.923 bits per heavy atom. The minimum atomic E-state index is -0.375. The molecular formula is C21H14Cl2N2O. The van der Waals surface area contributed by atoms with Gasteiger partial charge in [0.25, 0.3) is 5.91 Å². The predicted molar refractivity (Wildman–Crippen MR) is 106 cm³/mol. The second-order valence-electron chi connectivity index (χ2n) is 6.01. The van der Waals surface area contributed by atoms with Gasteiger partial charge in [0.2, 0.25) is 0 Å². The van der Waals surface area contributed by atoms with Crippen molar-refractivity contribution in [1.82, 2.24) is 5.43 Å². The van der Waals surface area contributed by atoms with E-state index >= 15 is 0 Å². The van der Waals surface area contributed by atoms with Crippen LogP contribution in [0.4, 0.5) is 0 Å². The Kier molecular flexibility index (Phi) is 4.49.